The minimum atomic E-state index is -1.02. The molecule has 0 aliphatic carbocycles. The average molecular weight is 446 g/mol. The molecule has 0 fully saturated rings. The van der Waals surface area contributed by atoms with E-state index in [1.54, 1.807) is 24.3 Å². The molecule has 168 valence electrons. The molecule has 0 aromatic heterocycles. The van der Waals surface area contributed by atoms with Crippen molar-refractivity contribution in [2.24, 2.45) is 5.10 Å². The van der Waals surface area contributed by atoms with Gasteiger partial charge in [-0.1, -0.05) is 24.3 Å². The molecular formula is C24H22N4O5. The standard InChI is InChI=1S/C24H22N4O5/c1-15-6-5-7-17(12-15)26-22(30)18-8-3-4-9-19(18)27-23(31)24(32)28-25-14-16-10-11-20(29)21(13-16)33-2/h3-14,29H,1-2H3,(H,26,30)(H,27,31)(H,28,32)/b25-14+. The Bertz CT molecular complexity index is 1220. The van der Waals surface area contributed by atoms with Crippen molar-refractivity contribution in [1.29, 1.82) is 0 Å². The zero-order valence-electron chi connectivity index (χ0n) is 18.0. The largest absolute Gasteiger partial charge is 0.504 e. The molecular weight excluding hydrogens is 424 g/mol. The number of carbonyl (C=O) groups is 3. The number of para-hydroxylation sites is 1. The van der Waals surface area contributed by atoms with Crippen LogP contribution in [-0.2, 0) is 9.59 Å². The van der Waals surface area contributed by atoms with Gasteiger partial charge in [0.05, 0.1) is 24.6 Å². The van der Waals surface area contributed by atoms with Crippen LogP contribution in [-0.4, -0.2) is 36.2 Å². The number of amides is 3. The summed E-state index contributed by atoms with van der Waals surface area (Å²) in [5.74, 6) is -2.25. The zero-order valence-corrected chi connectivity index (χ0v) is 18.0. The number of nitrogens with one attached hydrogen (secondary N) is 3. The van der Waals surface area contributed by atoms with Gasteiger partial charge in [0.15, 0.2) is 11.5 Å². The van der Waals surface area contributed by atoms with E-state index < -0.39 is 17.7 Å². The molecule has 4 N–H and O–H groups in total. The third-order valence-corrected chi connectivity index (χ3v) is 4.49. The normalized spacial score (nSPS) is 10.5. The molecule has 0 radical (unpaired) electrons. The number of aromatic hydroxyl groups is 1. The number of phenolic OH excluding ortho intramolecular Hbond substituents is 1. The van der Waals surface area contributed by atoms with Crippen LogP contribution in [0.2, 0.25) is 0 Å². The summed E-state index contributed by atoms with van der Waals surface area (Å²) in [6.45, 7) is 1.91. The van der Waals surface area contributed by atoms with Crippen molar-refractivity contribution in [3.63, 3.8) is 0 Å². The van der Waals surface area contributed by atoms with Gasteiger partial charge in [0, 0.05) is 5.69 Å². The summed E-state index contributed by atoms with van der Waals surface area (Å²) in [6, 6.07) is 18.1. The lowest BCUT2D eigenvalue weighted by atomic mass is 10.1. The van der Waals surface area contributed by atoms with E-state index in [2.05, 4.69) is 21.2 Å². The van der Waals surface area contributed by atoms with Crippen LogP contribution in [0.15, 0.2) is 71.8 Å². The van der Waals surface area contributed by atoms with E-state index in [0.717, 1.165) is 5.56 Å². The fourth-order valence-electron chi connectivity index (χ4n) is 2.88. The first-order valence-electron chi connectivity index (χ1n) is 9.86. The number of phenols is 1. The monoisotopic (exact) mass is 446 g/mol. The Morgan fingerprint density at radius 2 is 1.73 bits per heavy atom. The van der Waals surface area contributed by atoms with Gasteiger partial charge in [-0.05, 0) is 60.5 Å². The zero-order chi connectivity index (χ0) is 23.8. The highest BCUT2D eigenvalue weighted by molar-refractivity contribution is 6.40. The second-order valence-corrected chi connectivity index (χ2v) is 6.95. The molecule has 0 heterocycles. The van der Waals surface area contributed by atoms with Crippen molar-refractivity contribution in [3.05, 3.63) is 83.4 Å². The Morgan fingerprint density at radius 1 is 0.939 bits per heavy atom. The van der Waals surface area contributed by atoms with Gasteiger partial charge in [0.1, 0.15) is 0 Å². The SMILES string of the molecule is COc1cc(/C=N/NC(=O)C(=O)Nc2ccccc2C(=O)Nc2cccc(C)c2)ccc1O. The Labute approximate surface area is 190 Å². The second kappa shape index (κ2) is 10.6. The van der Waals surface area contributed by atoms with Crippen molar-refractivity contribution in [2.45, 2.75) is 6.92 Å². The quantitative estimate of drug-likeness (QED) is 0.263. The maximum Gasteiger partial charge on any atom is 0.329 e. The van der Waals surface area contributed by atoms with E-state index in [0.29, 0.717) is 11.3 Å². The fourth-order valence-corrected chi connectivity index (χ4v) is 2.88. The number of aryl methyl sites for hydroxylation is 1. The molecule has 3 rings (SSSR count). The Hall–Kier alpha value is -4.66. The van der Waals surface area contributed by atoms with Gasteiger partial charge < -0.3 is 20.5 Å². The Balaban J connectivity index is 1.64. The van der Waals surface area contributed by atoms with Crippen molar-refractivity contribution in [1.82, 2.24) is 5.43 Å². The summed E-state index contributed by atoms with van der Waals surface area (Å²) >= 11 is 0. The Kier molecular flexibility index (Phi) is 7.38. The number of carbonyl (C=O) groups excluding carboxylic acids is 3. The molecule has 0 unspecified atom stereocenters. The third-order valence-electron chi connectivity index (χ3n) is 4.49. The average Bonchev–Trinajstić information content (AvgIpc) is 2.80. The molecule has 0 aliphatic rings. The van der Waals surface area contributed by atoms with Crippen LogP contribution in [0.3, 0.4) is 0 Å². The van der Waals surface area contributed by atoms with Crippen molar-refractivity contribution in [2.75, 3.05) is 17.7 Å². The molecule has 0 saturated heterocycles. The van der Waals surface area contributed by atoms with Gasteiger partial charge in [-0.15, -0.1) is 0 Å². The third kappa shape index (κ3) is 6.17. The highest BCUT2D eigenvalue weighted by atomic mass is 16.5. The Morgan fingerprint density at radius 3 is 2.48 bits per heavy atom. The number of hydrazone groups is 1. The summed E-state index contributed by atoms with van der Waals surface area (Å²) in [7, 11) is 1.40. The minimum Gasteiger partial charge on any atom is -0.504 e. The van der Waals surface area contributed by atoms with Gasteiger partial charge in [0.2, 0.25) is 0 Å². The smallest absolute Gasteiger partial charge is 0.329 e. The summed E-state index contributed by atoms with van der Waals surface area (Å²) in [5, 5.41) is 18.5. The van der Waals surface area contributed by atoms with Gasteiger partial charge in [0.25, 0.3) is 5.91 Å². The van der Waals surface area contributed by atoms with Crippen molar-refractivity contribution < 1.29 is 24.2 Å². The van der Waals surface area contributed by atoms with Gasteiger partial charge in [-0.25, -0.2) is 5.43 Å². The number of ether oxygens (including phenoxy) is 1. The highest BCUT2D eigenvalue weighted by Gasteiger charge is 2.17. The van der Waals surface area contributed by atoms with E-state index in [1.165, 1.54) is 37.6 Å². The van der Waals surface area contributed by atoms with Crippen molar-refractivity contribution >= 4 is 35.3 Å². The van der Waals surface area contributed by atoms with Gasteiger partial charge >= 0.3 is 11.8 Å². The van der Waals surface area contributed by atoms with Crippen LogP contribution in [0.1, 0.15) is 21.5 Å². The van der Waals surface area contributed by atoms with Gasteiger partial charge in [-0.3, -0.25) is 14.4 Å². The molecule has 3 aromatic rings. The molecule has 0 atom stereocenters. The van der Waals surface area contributed by atoms with Crippen LogP contribution in [0, 0.1) is 6.92 Å². The first kappa shape index (κ1) is 23.0. The first-order chi connectivity index (χ1) is 15.9. The number of rotatable bonds is 6. The molecule has 3 aromatic carbocycles. The topological polar surface area (TPSA) is 129 Å². The number of hydrogen-bond donors (Lipinski definition) is 4. The van der Waals surface area contributed by atoms with Crippen LogP contribution in [0.25, 0.3) is 0 Å². The molecule has 0 spiro atoms. The first-order valence-corrected chi connectivity index (χ1v) is 9.86. The summed E-state index contributed by atoms with van der Waals surface area (Å²) in [4.78, 5) is 37.1. The highest BCUT2D eigenvalue weighted by Crippen LogP contribution is 2.25. The van der Waals surface area contributed by atoms with E-state index in [-0.39, 0.29) is 22.7 Å². The lowest BCUT2D eigenvalue weighted by Crippen LogP contribution is -2.33. The van der Waals surface area contributed by atoms with Crippen molar-refractivity contribution in [3.8, 4) is 11.5 Å². The van der Waals surface area contributed by atoms with Crippen LogP contribution >= 0.6 is 0 Å². The number of benzene rings is 3. The molecule has 0 aliphatic heterocycles. The van der Waals surface area contributed by atoms with E-state index in [9.17, 15) is 19.5 Å². The number of methoxy groups -OCH3 is 1. The predicted molar refractivity (Wildman–Crippen MR) is 125 cm³/mol. The molecule has 9 nitrogen and oxygen atoms in total. The summed E-state index contributed by atoms with van der Waals surface area (Å²) in [6.07, 6.45) is 1.29. The van der Waals surface area contributed by atoms with Crippen LogP contribution in [0.5, 0.6) is 11.5 Å². The van der Waals surface area contributed by atoms with E-state index in [1.807, 2.05) is 25.1 Å². The predicted octanol–water partition coefficient (Wildman–Crippen LogP) is 3.05. The molecule has 33 heavy (non-hydrogen) atoms. The molecule has 0 bridgehead atoms. The van der Waals surface area contributed by atoms with Gasteiger partial charge in [-0.2, -0.15) is 5.10 Å². The lowest BCUT2D eigenvalue weighted by molar-refractivity contribution is -0.136. The van der Waals surface area contributed by atoms with Crippen LogP contribution in [0.4, 0.5) is 11.4 Å². The van der Waals surface area contributed by atoms with E-state index >= 15 is 0 Å². The lowest BCUT2D eigenvalue weighted by Gasteiger charge is -2.11. The van der Waals surface area contributed by atoms with Crippen LogP contribution < -0.4 is 20.8 Å². The number of anilines is 2. The summed E-state index contributed by atoms with van der Waals surface area (Å²) < 4.78 is 5.00. The fraction of sp³-hybridized carbons (Fsp3) is 0.0833. The number of hydrogen-bond acceptors (Lipinski definition) is 6. The van der Waals surface area contributed by atoms with E-state index in [4.69, 9.17) is 4.74 Å². The molecule has 3 amide bonds. The maximum atomic E-state index is 12.7. The molecule has 9 heteroatoms. The second-order valence-electron chi connectivity index (χ2n) is 6.95. The molecule has 0 saturated carbocycles. The maximum absolute atomic E-state index is 12.7. The number of nitrogens with zero attached hydrogens (tertiary/aromatic N) is 1. The minimum absolute atomic E-state index is 0.0387. The summed E-state index contributed by atoms with van der Waals surface area (Å²) in [5.41, 5.74) is 4.61.